The second kappa shape index (κ2) is 8.03. The van der Waals surface area contributed by atoms with Crippen LogP contribution in [0, 0.1) is 0 Å². The molecule has 140 valence electrons. The molecule has 2 aromatic carbocycles. The number of ketones is 1. The Hall–Kier alpha value is -3.15. The zero-order chi connectivity index (χ0) is 19.4. The van der Waals surface area contributed by atoms with Crippen molar-refractivity contribution < 1.29 is 19.1 Å². The molecule has 6 heteroatoms. The highest BCUT2D eigenvalue weighted by molar-refractivity contribution is 6.06. The van der Waals surface area contributed by atoms with E-state index in [1.165, 1.54) is 10.5 Å². The number of hydrogen-bond acceptors (Lipinski definition) is 4. The van der Waals surface area contributed by atoms with Crippen LogP contribution >= 0.6 is 0 Å². The molecular formula is C21H22N2O4. The van der Waals surface area contributed by atoms with E-state index >= 15 is 0 Å². The maximum absolute atomic E-state index is 12.5. The zero-order valence-electron chi connectivity index (χ0n) is 15.5. The van der Waals surface area contributed by atoms with Crippen molar-refractivity contribution in [2.75, 3.05) is 23.4 Å². The van der Waals surface area contributed by atoms with Gasteiger partial charge in [0.1, 0.15) is 12.3 Å². The molecule has 1 N–H and O–H groups in total. The topological polar surface area (TPSA) is 75.7 Å². The van der Waals surface area contributed by atoms with Gasteiger partial charge in [0.2, 0.25) is 5.91 Å². The molecule has 0 atom stereocenters. The fourth-order valence-corrected chi connectivity index (χ4v) is 2.92. The van der Waals surface area contributed by atoms with Gasteiger partial charge in [-0.15, -0.1) is 0 Å². The average molecular weight is 366 g/mol. The molecule has 0 radical (unpaired) electrons. The number of ether oxygens (including phenoxy) is 1. The predicted octanol–water partition coefficient (Wildman–Crippen LogP) is 3.21. The van der Waals surface area contributed by atoms with Crippen LogP contribution in [0.1, 0.15) is 36.2 Å². The van der Waals surface area contributed by atoms with Crippen LogP contribution in [0.3, 0.4) is 0 Å². The van der Waals surface area contributed by atoms with Gasteiger partial charge in [-0.2, -0.15) is 0 Å². The van der Waals surface area contributed by atoms with Gasteiger partial charge in [-0.3, -0.25) is 19.3 Å². The van der Waals surface area contributed by atoms with Crippen LogP contribution in [0.2, 0.25) is 0 Å². The molecule has 1 aliphatic heterocycles. The standard InChI is InChI=1S/C21H22N2O4/c1-3-14-5-8-16(9-6-14)22-20(25)12-23-17-11-15(18(24)4-2)7-10-19(17)27-13-21(23)26/h5-11H,3-4,12-13H2,1-2H3,(H,22,25). The normalized spacial score (nSPS) is 13.0. The molecule has 2 aromatic rings. The third kappa shape index (κ3) is 4.16. The molecule has 6 nitrogen and oxygen atoms in total. The summed E-state index contributed by atoms with van der Waals surface area (Å²) >= 11 is 0. The number of rotatable bonds is 6. The maximum atomic E-state index is 12.5. The Bertz CT molecular complexity index is 874. The van der Waals surface area contributed by atoms with Crippen LogP contribution in [-0.2, 0) is 16.0 Å². The quantitative estimate of drug-likeness (QED) is 0.797. The Labute approximate surface area is 158 Å². The number of Topliss-reactive ketones (excluding diaryl/α,β-unsaturated/α-hetero) is 1. The van der Waals surface area contributed by atoms with E-state index in [1.54, 1.807) is 25.1 Å². The van der Waals surface area contributed by atoms with Gasteiger partial charge in [0, 0.05) is 17.7 Å². The van der Waals surface area contributed by atoms with Crippen molar-refractivity contribution in [3.63, 3.8) is 0 Å². The van der Waals surface area contributed by atoms with E-state index in [0.717, 1.165) is 6.42 Å². The van der Waals surface area contributed by atoms with Crippen molar-refractivity contribution in [2.45, 2.75) is 26.7 Å². The first kappa shape index (κ1) is 18.6. The summed E-state index contributed by atoms with van der Waals surface area (Å²) < 4.78 is 5.43. The second-order valence-corrected chi connectivity index (χ2v) is 6.33. The van der Waals surface area contributed by atoms with Crippen LogP contribution in [-0.4, -0.2) is 30.7 Å². The lowest BCUT2D eigenvalue weighted by molar-refractivity contribution is -0.123. The van der Waals surface area contributed by atoms with Crippen molar-refractivity contribution >= 4 is 29.0 Å². The number of nitrogens with zero attached hydrogens (tertiary/aromatic N) is 1. The summed E-state index contributed by atoms with van der Waals surface area (Å²) in [5, 5.41) is 2.80. The Morgan fingerprint density at radius 3 is 2.52 bits per heavy atom. The van der Waals surface area contributed by atoms with E-state index < -0.39 is 0 Å². The smallest absolute Gasteiger partial charge is 0.265 e. The molecular weight excluding hydrogens is 344 g/mol. The lowest BCUT2D eigenvalue weighted by Crippen LogP contribution is -2.43. The Morgan fingerprint density at radius 2 is 1.85 bits per heavy atom. The average Bonchev–Trinajstić information content (AvgIpc) is 2.69. The van der Waals surface area contributed by atoms with Crippen molar-refractivity contribution in [2.24, 2.45) is 0 Å². The predicted molar refractivity (Wildman–Crippen MR) is 103 cm³/mol. The monoisotopic (exact) mass is 366 g/mol. The Morgan fingerprint density at radius 1 is 1.11 bits per heavy atom. The highest BCUT2D eigenvalue weighted by Gasteiger charge is 2.28. The van der Waals surface area contributed by atoms with Crippen molar-refractivity contribution in [1.82, 2.24) is 0 Å². The number of aryl methyl sites for hydroxylation is 1. The van der Waals surface area contributed by atoms with Crippen molar-refractivity contribution in [3.05, 3.63) is 53.6 Å². The molecule has 3 rings (SSSR count). The van der Waals surface area contributed by atoms with Crippen molar-refractivity contribution in [3.8, 4) is 5.75 Å². The van der Waals surface area contributed by atoms with Crippen molar-refractivity contribution in [1.29, 1.82) is 0 Å². The molecule has 1 aliphatic rings. The van der Waals surface area contributed by atoms with Gasteiger partial charge >= 0.3 is 0 Å². The zero-order valence-corrected chi connectivity index (χ0v) is 15.5. The Kier molecular flexibility index (Phi) is 5.54. The largest absolute Gasteiger partial charge is 0.482 e. The Balaban J connectivity index is 1.78. The molecule has 27 heavy (non-hydrogen) atoms. The van der Waals surface area contributed by atoms with Gasteiger partial charge in [-0.1, -0.05) is 26.0 Å². The number of nitrogens with one attached hydrogen (secondary N) is 1. The molecule has 2 amide bonds. The minimum Gasteiger partial charge on any atom is -0.482 e. The summed E-state index contributed by atoms with van der Waals surface area (Å²) in [6, 6.07) is 12.5. The highest BCUT2D eigenvalue weighted by Crippen LogP contribution is 2.33. The third-order valence-corrected chi connectivity index (χ3v) is 4.49. The fourth-order valence-electron chi connectivity index (χ4n) is 2.92. The molecule has 1 heterocycles. The van der Waals surface area contributed by atoms with Crippen LogP contribution in [0.15, 0.2) is 42.5 Å². The minimum absolute atomic E-state index is 0.0313. The van der Waals surface area contributed by atoms with E-state index in [4.69, 9.17) is 4.74 Å². The third-order valence-electron chi connectivity index (χ3n) is 4.49. The van der Waals surface area contributed by atoms with Crippen LogP contribution < -0.4 is 15.0 Å². The van der Waals surface area contributed by atoms with E-state index in [9.17, 15) is 14.4 Å². The molecule has 0 spiro atoms. The summed E-state index contributed by atoms with van der Waals surface area (Å²) in [7, 11) is 0. The van der Waals surface area contributed by atoms with Gasteiger partial charge in [0.15, 0.2) is 12.4 Å². The van der Waals surface area contributed by atoms with E-state index in [0.29, 0.717) is 29.1 Å². The van der Waals surface area contributed by atoms with Gasteiger partial charge in [-0.25, -0.2) is 0 Å². The molecule has 0 unspecified atom stereocenters. The summed E-state index contributed by atoms with van der Waals surface area (Å²) in [5.41, 5.74) is 2.79. The molecule has 0 saturated heterocycles. The molecule has 0 aromatic heterocycles. The summed E-state index contributed by atoms with van der Waals surface area (Å²) in [6.45, 7) is 3.56. The summed E-state index contributed by atoms with van der Waals surface area (Å²) in [6.07, 6.45) is 1.29. The van der Waals surface area contributed by atoms with Gasteiger partial charge in [-0.05, 0) is 42.3 Å². The second-order valence-electron chi connectivity index (χ2n) is 6.33. The number of benzene rings is 2. The number of fused-ring (bicyclic) bond motifs is 1. The lowest BCUT2D eigenvalue weighted by Gasteiger charge is -2.29. The SMILES string of the molecule is CCC(=O)c1ccc2c(c1)N(CC(=O)Nc1ccc(CC)cc1)C(=O)CO2. The first-order chi connectivity index (χ1) is 13.0. The number of anilines is 2. The number of carbonyl (C=O) groups is 3. The van der Waals surface area contributed by atoms with E-state index in [2.05, 4.69) is 12.2 Å². The molecule has 0 fully saturated rings. The number of amides is 2. The van der Waals surface area contributed by atoms with Gasteiger partial charge < -0.3 is 10.1 Å². The first-order valence-electron chi connectivity index (χ1n) is 9.01. The first-order valence-corrected chi connectivity index (χ1v) is 9.01. The molecule has 0 bridgehead atoms. The van der Waals surface area contributed by atoms with Crippen LogP contribution in [0.4, 0.5) is 11.4 Å². The van der Waals surface area contributed by atoms with Crippen LogP contribution in [0.5, 0.6) is 5.75 Å². The van der Waals surface area contributed by atoms with Gasteiger partial charge in [0.05, 0.1) is 5.69 Å². The highest BCUT2D eigenvalue weighted by atomic mass is 16.5. The number of carbonyl (C=O) groups excluding carboxylic acids is 3. The minimum atomic E-state index is -0.319. The fraction of sp³-hybridized carbons (Fsp3) is 0.286. The lowest BCUT2D eigenvalue weighted by atomic mass is 10.1. The maximum Gasteiger partial charge on any atom is 0.265 e. The number of hydrogen-bond donors (Lipinski definition) is 1. The summed E-state index contributed by atoms with van der Waals surface area (Å²) in [4.78, 5) is 38.1. The van der Waals surface area contributed by atoms with Gasteiger partial charge in [0.25, 0.3) is 5.91 Å². The van der Waals surface area contributed by atoms with E-state index in [-0.39, 0.29) is 30.7 Å². The van der Waals surface area contributed by atoms with Crippen LogP contribution in [0.25, 0.3) is 0 Å². The molecule has 0 aliphatic carbocycles. The molecule has 0 saturated carbocycles. The van der Waals surface area contributed by atoms with E-state index in [1.807, 2.05) is 24.3 Å². The summed E-state index contributed by atoms with van der Waals surface area (Å²) in [5.74, 6) is -0.175.